The molecular weight excluding hydrogens is 326 g/mol. The summed E-state index contributed by atoms with van der Waals surface area (Å²) >= 11 is 1.02. The van der Waals surface area contributed by atoms with Gasteiger partial charge in [0.05, 0.1) is 17.6 Å². The molecule has 118 valence electrons. The fourth-order valence-electron chi connectivity index (χ4n) is 2.31. The molecule has 0 spiro atoms. The number of benzene rings is 1. The molecule has 0 saturated carbocycles. The predicted octanol–water partition coefficient (Wildman–Crippen LogP) is 1.83. The minimum Gasteiger partial charge on any atom is -0.493 e. The Morgan fingerprint density at radius 1 is 1.45 bits per heavy atom. The van der Waals surface area contributed by atoms with Gasteiger partial charge in [0.1, 0.15) is 12.1 Å². The van der Waals surface area contributed by atoms with Gasteiger partial charge in [0.25, 0.3) is 10.0 Å². The van der Waals surface area contributed by atoms with Crippen molar-refractivity contribution < 1.29 is 17.9 Å². The van der Waals surface area contributed by atoms with Crippen molar-refractivity contribution in [2.75, 3.05) is 25.1 Å². The predicted molar refractivity (Wildman–Crippen MR) is 81.8 cm³/mol. The second kappa shape index (κ2) is 5.82. The summed E-state index contributed by atoms with van der Waals surface area (Å²) in [5.74, 6) is 0.546. The van der Waals surface area contributed by atoms with Gasteiger partial charge in [-0.1, -0.05) is 6.07 Å². The van der Waals surface area contributed by atoms with Gasteiger partial charge in [-0.2, -0.15) is 4.37 Å². The molecular formula is C13H15N3O4S2. The summed E-state index contributed by atoms with van der Waals surface area (Å²) in [6, 6.07) is 4.84. The number of fused-ring (bicyclic) bond motifs is 1. The lowest BCUT2D eigenvalue weighted by molar-refractivity contribution is 0.0635. The number of aromatic nitrogens is 2. The monoisotopic (exact) mass is 341 g/mol. The fraction of sp³-hybridized carbons (Fsp3) is 0.385. The van der Waals surface area contributed by atoms with Crippen molar-refractivity contribution in [2.24, 2.45) is 0 Å². The van der Waals surface area contributed by atoms with Gasteiger partial charge in [-0.25, -0.2) is 17.7 Å². The van der Waals surface area contributed by atoms with Crippen LogP contribution in [0.2, 0.25) is 0 Å². The minimum atomic E-state index is -3.70. The summed E-state index contributed by atoms with van der Waals surface area (Å²) in [5, 5.41) is 0.313. The van der Waals surface area contributed by atoms with Crippen LogP contribution < -0.4 is 9.04 Å². The van der Waals surface area contributed by atoms with Crippen molar-refractivity contribution in [3.63, 3.8) is 0 Å². The number of methoxy groups -OCH3 is 1. The molecule has 1 atom stereocenters. The molecule has 9 heteroatoms. The van der Waals surface area contributed by atoms with E-state index in [0.29, 0.717) is 17.5 Å². The standard InChI is InChI=1S/C13H15N3O4S2/c1-16(13-14-8-15-21-13)22(17,18)9-3-4-10-11(19-2)5-6-20-12(10)7-9/h3-4,7-8,11H,5-6H2,1-2H3/t11-/m1/s1. The number of hydrogen-bond donors (Lipinski definition) is 0. The first-order valence-electron chi connectivity index (χ1n) is 6.59. The smallest absolute Gasteiger partial charge is 0.266 e. The molecule has 3 rings (SSSR count). The molecule has 2 heterocycles. The minimum absolute atomic E-state index is 0.0682. The van der Waals surface area contributed by atoms with Crippen LogP contribution in [0.5, 0.6) is 5.75 Å². The summed E-state index contributed by atoms with van der Waals surface area (Å²) in [6.07, 6.45) is 2.01. The van der Waals surface area contributed by atoms with Crippen LogP contribution in [0, 0.1) is 0 Å². The van der Waals surface area contributed by atoms with E-state index in [-0.39, 0.29) is 11.0 Å². The third-order valence-corrected chi connectivity index (χ3v) is 6.13. The van der Waals surface area contributed by atoms with Crippen molar-refractivity contribution in [3.05, 3.63) is 30.1 Å². The Labute approximate surface area is 132 Å². The van der Waals surface area contributed by atoms with Crippen LogP contribution in [-0.2, 0) is 14.8 Å². The molecule has 0 radical (unpaired) electrons. The van der Waals surface area contributed by atoms with Crippen LogP contribution in [-0.4, -0.2) is 38.5 Å². The third kappa shape index (κ3) is 2.55. The first-order valence-corrected chi connectivity index (χ1v) is 8.80. The Kier molecular flexibility index (Phi) is 4.02. The topological polar surface area (TPSA) is 81.6 Å². The Balaban J connectivity index is 1.98. The molecule has 0 unspecified atom stereocenters. The zero-order valence-electron chi connectivity index (χ0n) is 12.1. The molecule has 0 N–H and O–H groups in total. The summed E-state index contributed by atoms with van der Waals surface area (Å²) in [7, 11) is -0.614. The molecule has 0 amide bonds. The molecule has 2 aromatic rings. The van der Waals surface area contributed by atoms with E-state index >= 15 is 0 Å². The van der Waals surface area contributed by atoms with E-state index in [2.05, 4.69) is 9.36 Å². The Hall–Kier alpha value is -1.71. The van der Waals surface area contributed by atoms with Crippen LogP contribution >= 0.6 is 11.5 Å². The molecule has 0 saturated heterocycles. The van der Waals surface area contributed by atoms with E-state index in [1.807, 2.05) is 0 Å². The van der Waals surface area contributed by atoms with Gasteiger partial charge in [-0.3, -0.25) is 0 Å². The van der Waals surface area contributed by atoms with Crippen LogP contribution in [0.3, 0.4) is 0 Å². The van der Waals surface area contributed by atoms with E-state index in [1.165, 1.54) is 19.4 Å². The van der Waals surface area contributed by atoms with E-state index < -0.39 is 10.0 Å². The average Bonchev–Trinajstić information content (AvgIpc) is 3.07. The highest BCUT2D eigenvalue weighted by Crippen LogP contribution is 2.36. The molecule has 0 aliphatic carbocycles. The summed E-state index contributed by atoms with van der Waals surface area (Å²) in [5.41, 5.74) is 0.867. The van der Waals surface area contributed by atoms with Crippen molar-refractivity contribution in [2.45, 2.75) is 17.4 Å². The highest BCUT2D eigenvalue weighted by Gasteiger charge is 2.27. The number of ether oxygens (including phenoxy) is 2. The van der Waals surface area contributed by atoms with Crippen molar-refractivity contribution >= 4 is 26.7 Å². The maximum Gasteiger partial charge on any atom is 0.266 e. The lowest BCUT2D eigenvalue weighted by Gasteiger charge is -2.25. The van der Waals surface area contributed by atoms with Gasteiger partial charge in [0, 0.05) is 43.7 Å². The largest absolute Gasteiger partial charge is 0.493 e. The highest BCUT2D eigenvalue weighted by molar-refractivity contribution is 7.93. The van der Waals surface area contributed by atoms with E-state index in [9.17, 15) is 8.42 Å². The quantitative estimate of drug-likeness (QED) is 0.844. The number of hydrogen-bond acceptors (Lipinski definition) is 7. The number of rotatable bonds is 4. The van der Waals surface area contributed by atoms with Gasteiger partial charge in [0.2, 0.25) is 5.13 Å². The zero-order valence-corrected chi connectivity index (χ0v) is 13.7. The highest BCUT2D eigenvalue weighted by atomic mass is 32.2. The lowest BCUT2D eigenvalue weighted by atomic mass is 10.0. The zero-order chi connectivity index (χ0) is 15.7. The van der Waals surface area contributed by atoms with Crippen molar-refractivity contribution in [1.29, 1.82) is 0 Å². The second-order valence-corrected chi connectivity index (χ2v) is 7.49. The first kappa shape index (κ1) is 15.2. The molecule has 1 aromatic carbocycles. The van der Waals surface area contributed by atoms with E-state index in [0.717, 1.165) is 27.8 Å². The number of nitrogens with zero attached hydrogens (tertiary/aromatic N) is 3. The lowest BCUT2D eigenvalue weighted by Crippen LogP contribution is -2.26. The van der Waals surface area contributed by atoms with Crippen molar-refractivity contribution in [1.82, 2.24) is 9.36 Å². The molecule has 1 aliphatic heterocycles. The molecule has 0 bridgehead atoms. The molecule has 1 aromatic heterocycles. The van der Waals surface area contributed by atoms with Crippen molar-refractivity contribution in [3.8, 4) is 5.75 Å². The Morgan fingerprint density at radius 3 is 2.95 bits per heavy atom. The summed E-state index contributed by atoms with van der Waals surface area (Å²) < 4.78 is 41.2. The summed E-state index contributed by atoms with van der Waals surface area (Å²) in [4.78, 5) is 4.08. The molecule has 1 aliphatic rings. The average molecular weight is 341 g/mol. The number of anilines is 1. The summed E-state index contributed by atoms with van der Waals surface area (Å²) in [6.45, 7) is 0.501. The Morgan fingerprint density at radius 2 is 2.27 bits per heavy atom. The third-order valence-electron chi connectivity index (χ3n) is 3.53. The van der Waals surface area contributed by atoms with Crippen LogP contribution in [0.1, 0.15) is 18.1 Å². The maximum absolute atomic E-state index is 12.6. The number of sulfonamides is 1. The van der Waals surface area contributed by atoms with Gasteiger partial charge in [-0.05, 0) is 6.07 Å². The maximum atomic E-state index is 12.6. The van der Waals surface area contributed by atoms with E-state index in [4.69, 9.17) is 9.47 Å². The molecule has 22 heavy (non-hydrogen) atoms. The fourth-order valence-corrected chi connectivity index (χ4v) is 4.17. The van der Waals surface area contributed by atoms with Gasteiger partial charge in [0.15, 0.2) is 0 Å². The Bertz CT molecular complexity index is 762. The van der Waals surface area contributed by atoms with Gasteiger partial charge < -0.3 is 9.47 Å². The van der Waals surface area contributed by atoms with Gasteiger partial charge in [-0.15, -0.1) is 0 Å². The molecule has 0 fully saturated rings. The van der Waals surface area contributed by atoms with Crippen LogP contribution in [0.4, 0.5) is 5.13 Å². The van der Waals surface area contributed by atoms with Crippen LogP contribution in [0.15, 0.2) is 29.4 Å². The first-order chi connectivity index (χ1) is 10.5. The molecule has 7 nitrogen and oxygen atoms in total. The van der Waals surface area contributed by atoms with Gasteiger partial charge >= 0.3 is 0 Å². The SMILES string of the molecule is CO[C@@H]1CCOc2cc(S(=O)(=O)N(C)c3ncns3)ccc21. The second-order valence-electron chi connectivity index (χ2n) is 4.76. The normalized spacial score (nSPS) is 17.6. The van der Waals surface area contributed by atoms with Crippen LogP contribution in [0.25, 0.3) is 0 Å². The van der Waals surface area contributed by atoms with E-state index in [1.54, 1.807) is 19.2 Å².